The fourth-order valence-electron chi connectivity index (χ4n) is 1.35. The number of amides is 1. The zero-order valence-corrected chi connectivity index (χ0v) is 7.11. The predicted octanol–water partition coefficient (Wildman–Crippen LogP) is 1.48. The molecule has 0 radical (unpaired) electrons. The van der Waals surface area contributed by atoms with Crippen molar-refractivity contribution >= 4 is 5.91 Å². The molecule has 0 atom stereocenters. The summed E-state index contributed by atoms with van der Waals surface area (Å²) in [6.07, 6.45) is -0.826. The summed E-state index contributed by atoms with van der Waals surface area (Å²) < 4.78 is 12.4. The number of carbonyl (C=O) groups excluding carboxylic acids is 1. The van der Waals surface area contributed by atoms with E-state index in [1.54, 1.807) is 24.3 Å². The number of benzene rings is 1. The Morgan fingerprint density at radius 3 is 2.46 bits per heavy atom. The highest BCUT2D eigenvalue weighted by Crippen LogP contribution is 2.14. The van der Waals surface area contributed by atoms with Crippen molar-refractivity contribution in [1.82, 2.24) is 4.90 Å². The van der Waals surface area contributed by atoms with E-state index in [1.165, 1.54) is 4.90 Å². The summed E-state index contributed by atoms with van der Waals surface area (Å²) >= 11 is 0. The van der Waals surface area contributed by atoms with Crippen LogP contribution in [0.2, 0.25) is 0 Å². The third-order valence-corrected chi connectivity index (χ3v) is 2.14. The van der Waals surface area contributed by atoms with Crippen LogP contribution in [0.5, 0.6) is 0 Å². The number of carbonyl (C=O) groups is 1. The van der Waals surface area contributed by atoms with Crippen LogP contribution >= 0.6 is 0 Å². The van der Waals surface area contributed by atoms with Crippen LogP contribution < -0.4 is 0 Å². The molecule has 0 bridgehead atoms. The fourth-order valence-corrected chi connectivity index (χ4v) is 1.35. The fraction of sp³-hybridized carbons (Fsp3) is 0.300. The first-order chi connectivity index (χ1) is 6.27. The van der Waals surface area contributed by atoms with Crippen LogP contribution in [0, 0.1) is 0 Å². The lowest BCUT2D eigenvalue weighted by molar-refractivity contribution is 0.0400. The van der Waals surface area contributed by atoms with Crippen molar-refractivity contribution in [3.8, 4) is 0 Å². The van der Waals surface area contributed by atoms with Gasteiger partial charge in [-0.1, -0.05) is 18.2 Å². The lowest BCUT2D eigenvalue weighted by Crippen LogP contribution is -2.51. The molecule has 3 heteroatoms. The van der Waals surface area contributed by atoms with E-state index >= 15 is 0 Å². The number of halogens is 1. The molecule has 1 saturated heterocycles. The maximum Gasteiger partial charge on any atom is 0.254 e. The summed E-state index contributed by atoms with van der Waals surface area (Å²) in [4.78, 5) is 13.0. The van der Waals surface area contributed by atoms with Crippen molar-refractivity contribution in [1.29, 1.82) is 0 Å². The van der Waals surface area contributed by atoms with Gasteiger partial charge in [0.05, 0.1) is 13.1 Å². The third kappa shape index (κ3) is 1.54. The monoisotopic (exact) mass is 179 g/mol. The Hall–Kier alpha value is -1.38. The van der Waals surface area contributed by atoms with Crippen molar-refractivity contribution in [2.45, 2.75) is 6.17 Å². The molecule has 1 aliphatic heterocycles. The zero-order valence-electron chi connectivity index (χ0n) is 7.11. The van der Waals surface area contributed by atoms with Gasteiger partial charge in [0, 0.05) is 5.56 Å². The van der Waals surface area contributed by atoms with E-state index < -0.39 is 6.17 Å². The second kappa shape index (κ2) is 3.17. The van der Waals surface area contributed by atoms with E-state index in [2.05, 4.69) is 0 Å². The minimum Gasteiger partial charge on any atom is -0.333 e. The summed E-state index contributed by atoms with van der Waals surface area (Å²) in [5.74, 6) is -0.0745. The molecule has 1 fully saturated rings. The third-order valence-electron chi connectivity index (χ3n) is 2.14. The first-order valence-electron chi connectivity index (χ1n) is 4.26. The average Bonchev–Trinajstić information content (AvgIpc) is 2.13. The van der Waals surface area contributed by atoms with Gasteiger partial charge in [-0.2, -0.15) is 0 Å². The molecule has 0 unspecified atom stereocenters. The Kier molecular flexibility index (Phi) is 2.00. The SMILES string of the molecule is O=C(c1ccccc1)N1CC(F)C1. The number of nitrogens with zero attached hydrogens (tertiary/aromatic N) is 1. The molecule has 1 amide bonds. The van der Waals surface area contributed by atoms with E-state index in [0.29, 0.717) is 5.56 Å². The van der Waals surface area contributed by atoms with E-state index in [-0.39, 0.29) is 19.0 Å². The largest absolute Gasteiger partial charge is 0.333 e. The number of likely N-dealkylation sites (tertiary alicyclic amines) is 1. The minimum absolute atomic E-state index is 0.0745. The predicted molar refractivity (Wildman–Crippen MR) is 47.2 cm³/mol. The Morgan fingerprint density at radius 1 is 1.31 bits per heavy atom. The van der Waals surface area contributed by atoms with E-state index in [0.717, 1.165) is 0 Å². The number of hydrogen-bond acceptors (Lipinski definition) is 1. The molecule has 0 N–H and O–H groups in total. The van der Waals surface area contributed by atoms with Crippen LogP contribution in [0.1, 0.15) is 10.4 Å². The Morgan fingerprint density at radius 2 is 1.92 bits per heavy atom. The molecule has 0 aliphatic carbocycles. The summed E-state index contributed by atoms with van der Waals surface area (Å²) in [6, 6.07) is 8.95. The molecule has 2 nitrogen and oxygen atoms in total. The lowest BCUT2D eigenvalue weighted by Gasteiger charge is -2.34. The molecule has 1 aromatic rings. The summed E-state index contributed by atoms with van der Waals surface area (Å²) in [5, 5.41) is 0. The topological polar surface area (TPSA) is 20.3 Å². The van der Waals surface area contributed by atoms with Crippen LogP contribution in [0.4, 0.5) is 4.39 Å². The molecule has 1 aromatic carbocycles. The van der Waals surface area contributed by atoms with Crippen LogP contribution in [0.15, 0.2) is 30.3 Å². The van der Waals surface area contributed by atoms with Gasteiger partial charge in [-0.3, -0.25) is 4.79 Å². The van der Waals surface area contributed by atoms with Crippen molar-refractivity contribution in [3.05, 3.63) is 35.9 Å². The highest BCUT2D eigenvalue weighted by Gasteiger charge is 2.30. The number of alkyl halides is 1. The van der Waals surface area contributed by atoms with Crippen molar-refractivity contribution in [3.63, 3.8) is 0 Å². The molecular formula is C10H10FNO. The quantitative estimate of drug-likeness (QED) is 0.639. The van der Waals surface area contributed by atoms with Gasteiger partial charge < -0.3 is 4.90 Å². The normalized spacial score (nSPS) is 16.8. The van der Waals surface area contributed by atoms with Crippen molar-refractivity contribution in [2.24, 2.45) is 0 Å². The molecule has 2 rings (SSSR count). The zero-order chi connectivity index (χ0) is 9.26. The minimum atomic E-state index is -0.826. The van der Waals surface area contributed by atoms with Gasteiger partial charge in [0.25, 0.3) is 5.91 Å². The molecule has 68 valence electrons. The first-order valence-corrected chi connectivity index (χ1v) is 4.26. The van der Waals surface area contributed by atoms with Crippen LogP contribution in [-0.4, -0.2) is 30.1 Å². The standard InChI is InChI=1S/C10H10FNO/c11-9-6-12(7-9)10(13)8-4-2-1-3-5-8/h1-5,9H,6-7H2. The van der Waals surface area contributed by atoms with Gasteiger partial charge in [-0.25, -0.2) is 4.39 Å². The highest BCUT2D eigenvalue weighted by molar-refractivity contribution is 5.94. The van der Waals surface area contributed by atoms with Gasteiger partial charge in [0.1, 0.15) is 6.17 Å². The number of rotatable bonds is 1. The van der Waals surface area contributed by atoms with Gasteiger partial charge in [-0.15, -0.1) is 0 Å². The average molecular weight is 179 g/mol. The highest BCUT2D eigenvalue weighted by atomic mass is 19.1. The van der Waals surface area contributed by atoms with E-state index in [9.17, 15) is 9.18 Å². The Balaban J connectivity index is 2.06. The molecule has 13 heavy (non-hydrogen) atoms. The van der Waals surface area contributed by atoms with Crippen LogP contribution in [0.3, 0.4) is 0 Å². The molecule has 0 saturated carbocycles. The van der Waals surface area contributed by atoms with Gasteiger partial charge >= 0.3 is 0 Å². The molecular weight excluding hydrogens is 169 g/mol. The smallest absolute Gasteiger partial charge is 0.254 e. The van der Waals surface area contributed by atoms with Gasteiger partial charge in [0.15, 0.2) is 0 Å². The second-order valence-electron chi connectivity index (χ2n) is 3.17. The Labute approximate surface area is 76.0 Å². The Bertz CT molecular complexity index is 306. The first kappa shape index (κ1) is 8.23. The molecule has 1 heterocycles. The van der Waals surface area contributed by atoms with Crippen LogP contribution in [0.25, 0.3) is 0 Å². The lowest BCUT2D eigenvalue weighted by atomic mass is 10.1. The molecule has 1 aliphatic rings. The van der Waals surface area contributed by atoms with Gasteiger partial charge in [-0.05, 0) is 12.1 Å². The van der Waals surface area contributed by atoms with Gasteiger partial charge in [0.2, 0.25) is 0 Å². The summed E-state index contributed by atoms with van der Waals surface area (Å²) in [6.45, 7) is 0.488. The molecule has 0 aromatic heterocycles. The van der Waals surface area contributed by atoms with Crippen molar-refractivity contribution < 1.29 is 9.18 Å². The molecule has 0 spiro atoms. The summed E-state index contributed by atoms with van der Waals surface area (Å²) in [7, 11) is 0. The second-order valence-corrected chi connectivity index (χ2v) is 3.17. The maximum atomic E-state index is 12.4. The van der Waals surface area contributed by atoms with Crippen molar-refractivity contribution in [2.75, 3.05) is 13.1 Å². The number of hydrogen-bond donors (Lipinski definition) is 0. The van der Waals surface area contributed by atoms with Crippen LogP contribution in [-0.2, 0) is 0 Å². The maximum absolute atomic E-state index is 12.4. The van der Waals surface area contributed by atoms with E-state index in [4.69, 9.17) is 0 Å². The van der Waals surface area contributed by atoms with E-state index in [1.807, 2.05) is 6.07 Å². The summed E-state index contributed by atoms with van der Waals surface area (Å²) in [5.41, 5.74) is 0.634.